The Labute approximate surface area is 241 Å². The molecule has 0 bridgehead atoms. The molecule has 0 unspecified atom stereocenters. The van der Waals surface area contributed by atoms with E-state index >= 15 is 0 Å². The van der Waals surface area contributed by atoms with E-state index in [0.29, 0.717) is 49.3 Å². The van der Waals surface area contributed by atoms with Gasteiger partial charge in [-0.05, 0) is 31.5 Å². The van der Waals surface area contributed by atoms with Crippen LogP contribution in [0.3, 0.4) is 0 Å². The summed E-state index contributed by atoms with van der Waals surface area (Å²) in [6, 6.07) is 7.13. The number of hydrogen-bond donors (Lipinski definition) is 3. The lowest BCUT2D eigenvalue weighted by Crippen LogP contribution is -2.55. The molecule has 6 heterocycles. The third-order valence-electron chi connectivity index (χ3n) is 7.73. The van der Waals surface area contributed by atoms with E-state index in [-0.39, 0.29) is 11.9 Å². The van der Waals surface area contributed by atoms with Gasteiger partial charge in [0.05, 0.1) is 23.8 Å². The lowest BCUT2D eigenvalue weighted by Gasteiger charge is -2.40. The highest BCUT2D eigenvalue weighted by molar-refractivity contribution is 5.90. The molecule has 218 valence electrons. The van der Waals surface area contributed by atoms with Gasteiger partial charge in [0, 0.05) is 64.2 Å². The predicted molar refractivity (Wildman–Crippen MR) is 154 cm³/mol. The van der Waals surface area contributed by atoms with Crippen molar-refractivity contribution in [3.63, 3.8) is 0 Å². The topological polar surface area (TPSA) is 144 Å². The van der Waals surface area contributed by atoms with Gasteiger partial charge >= 0.3 is 0 Å². The number of aromatic nitrogens is 8. The maximum atomic E-state index is 13.5. The van der Waals surface area contributed by atoms with Crippen molar-refractivity contribution in [3.05, 3.63) is 66.1 Å². The van der Waals surface area contributed by atoms with E-state index in [2.05, 4.69) is 35.8 Å². The number of hydrogen-bond acceptors (Lipinski definition) is 9. The van der Waals surface area contributed by atoms with Crippen LogP contribution in [-0.2, 0) is 16.6 Å². The molecule has 0 saturated carbocycles. The molecule has 1 aliphatic heterocycles. The Morgan fingerprint density at radius 1 is 1.19 bits per heavy atom. The zero-order chi connectivity index (χ0) is 29.4. The fraction of sp³-hybridized carbons (Fsp3) is 0.357. The SMILES string of the molecule is COC1(C(=O)N[C@@H](C)c2ccc(-n3cc(F)cn3)nc2)CCN(c2nc(Nc3cc(C)[nH]n3)c3ccn(C)c3n2)CC1. The first-order chi connectivity index (χ1) is 20.2. The van der Waals surface area contributed by atoms with Crippen molar-refractivity contribution in [2.75, 3.05) is 30.4 Å². The largest absolute Gasteiger partial charge is 0.368 e. The van der Waals surface area contributed by atoms with Crippen LogP contribution in [0.15, 0.2) is 49.1 Å². The molecule has 42 heavy (non-hydrogen) atoms. The molecule has 0 spiro atoms. The smallest absolute Gasteiger partial charge is 0.252 e. The summed E-state index contributed by atoms with van der Waals surface area (Å²) in [4.78, 5) is 29.6. The monoisotopic (exact) mass is 573 g/mol. The summed E-state index contributed by atoms with van der Waals surface area (Å²) in [5, 5.41) is 18.4. The number of carbonyl (C=O) groups excluding carboxylic acids is 1. The van der Waals surface area contributed by atoms with Crippen LogP contribution in [0.5, 0.6) is 0 Å². The van der Waals surface area contributed by atoms with E-state index in [1.165, 1.54) is 10.9 Å². The molecule has 5 aromatic rings. The van der Waals surface area contributed by atoms with Crippen LogP contribution < -0.4 is 15.5 Å². The number of methoxy groups -OCH3 is 1. The number of H-pyrrole nitrogens is 1. The van der Waals surface area contributed by atoms with Gasteiger partial charge in [-0.1, -0.05) is 6.07 Å². The molecular formula is C28H32FN11O2. The second-order valence-electron chi connectivity index (χ2n) is 10.5. The van der Waals surface area contributed by atoms with Gasteiger partial charge in [0.25, 0.3) is 5.91 Å². The van der Waals surface area contributed by atoms with E-state index in [9.17, 15) is 9.18 Å². The summed E-state index contributed by atoms with van der Waals surface area (Å²) in [5.74, 6) is 1.76. The minimum Gasteiger partial charge on any atom is -0.368 e. The van der Waals surface area contributed by atoms with Crippen LogP contribution in [0.1, 0.15) is 37.1 Å². The maximum absolute atomic E-state index is 13.5. The van der Waals surface area contributed by atoms with Crippen molar-refractivity contribution in [1.29, 1.82) is 0 Å². The molecule has 5 aromatic heterocycles. The second-order valence-corrected chi connectivity index (χ2v) is 10.5. The van der Waals surface area contributed by atoms with Crippen LogP contribution in [0.2, 0.25) is 0 Å². The molecule has 0 aliphatic carbocycles. The van der Waals surface area contributed by atoms with Crippen molar-refractivity contribution in [1.82, 2.24) is 44.8 Å². The summed E-state index contributed by atoms with van der Waals surface area (Å²) < 4.78 is 22.5. The predicted octanol–water partition coefficient (Wildman–Crippen LogP) is 3.33. The fourth-order valence-electron chi connectivity index (χ4n) is 5.18. The number of ether oxygens (including phenoxy) is 1. The van der Waals surface area contributed by atoms with Crippen molar-refractivity contribution in [3.8, 4) is 5.82 Å². The van der Waals surface area contributed by atoms with Crippen LogP contribution >= 0.6 is 0 Å². The van der Waals surface area contributed by atoms with Gasteiger partial charge in [-0.15, -0.1) is 0 Å². The fourth-order valence-corrected chi connectivity index (χ4v) is 5.18. The number of pyridine rings is 1. The van der Waals surface area contributed by atoms with Gasteiger partial charge in [0.2, 0.25) is 5.95 Å². The molecular weight excluding hydrogens is 541 g/mol. The van der Waals surface area contributed by atoms with E-state index in [0.717, 1.165) is 28.5 Å². The van der Waals surface area contributed by atoms with Gasteiger partial charge in [-0.3, -0.25) is 9.89 Å². The third kappa shape index (κ3) is 5.16. The number of aryl methyl sites for hydroxylation is 2. The van der Waals surface area contributed by atoms with E-state index in [1.807, 2.05) is 49.9 Å². The Balaban J connectivity index is 1.15. The van der Waals surface area contributed by atoms with E-state index in [4.69, 9.17) is 14.7 Å². The van der Waals surface area contributed by atoms with Gasteiger partial charge in [0.1, 0.15) is 17.1 Å². The summed E-state index contributed by atoms with van der Waals surface area (Å²) in [5.41, 5.74) is 1.55. The molecule has 1 amide bonds. The summed E-state index contributed by atoms with van der Waals surface area (Å²) in [7, 11) is 3.51. The van der Waals surface area contributed by atoms with E-state index in [1.54, 1.807) is 19.4 Å². The van der Waals surface area contributed by atoms with Crippen molar-refractivity contribution >= 4 is 34.5 Å². The molecule has 1 atom stereocenters. The van der Waals surface area contributed by atoms with Crippen molar-refractivity contribution in [2.24, 2.45) is 7.05 Å². The Hall–Kier alpha value is -4.85. The van der Waals surface area contributed by atoms with Crippen LogP contribution in [0.25, 0.3) is 16.9 Å². The lowest BCUT2D eigenvalue weighted by molar-refractivity contribution is -0.146. The number of aromatic amines is 1. The number of nitrogens with zero attached hydrogens (tertiary/aromatic N) is 8. The average Bonchev–Trinajstić information content (AvgIpc) is 3.73. The third-order valence-corrected chi connectivity index (χ3v) is 7.73. The highest BCUT2D eigenvalue weighted by Crippen LogP contribution is 2.32. The molecule has 13 nitrogen and oxygen atoms in total. The quantitative estimate of drug-likeness (QED) is 0.255. The van der Waals surface area contributed by atoms with Crippen LogP contribution in [0.4, 0.5) is 22.0 Å². The molecule has 0 aromatic carbocycles. The number of carbonyl (C=O) groups is 1. The highest BCUT2D eigenvalue weighted by atomic mass is 19.1. The zero-order valence-corrected chi connectivity index (χ0v) is 23.8. The van der Waals surface area contributed by atoms with Crippen molar-refractivity contribution in [2.45, 2.75) is 38.3 Å². The molecule has 1 aliphatic rings. The number of nitrogens with one attached hydrogen (secondary N) is 3. The lowest BCUT2D eigenvalue weighted by atomic mass is 9.89. The van der Waals surface area contributed by atoms with Crippen molar-refractivity contribution < 1.29 is 13.9 Å². The van der Waals surface area contributed by atoms with Crippen LogP contribution in [-0.4, -0.2) is 71.2 Å². The first kappa shape index (κ1) is 27.3. The number of amides is 1. The summed E-state index contributed by atoms with van der Waals surface area (Å²) in [6.45, 7) is 4.89. The number of halogens is 1. The summed E-state index contributed by atoms with van der Waals surface area (Å²) in [6.07, 6.45) is 6.89. The Kier molecular flexibility index (Phi) is 7.06. The van der Waals surface area contributed by atoms with Crippen LogP contribution in [0, 0.1) is 12.7 Å². The van der Waals surface area contributed by atoms with Gasteiger partial charge in [0.15, 0.2) is 17.5 Å². The summed E-state index contributed by atoms with van der Waals surface area (Å²) >= 11 is 0. The Bertz CT molecular complexity index is 1720. The highest BCUT2D eigenvalue weighted by Gasteiger charge is 2.42. The maximum Gasteiger partial charge on any atom is 0.252 e. The van der Waals surface area contributed by atoms with E-state index < -0.39 is 11.4 Å². The number of anilines is 3. The number of fused-ring (bicyclic) bond motifs is 1. The van der Waals surface area contributed by atoms with Gasteiger partial charge in [-0.2, -0.15) is 20.2 Å². The molecule has 1 saturated heterocycles. The number of rotatable bonds is 8. The first-order valence-electron chi connectivity index (χ1n) is 13.6. The van der Waals surface area contributed by atoms with Gasteiger partial charge < -0.3 is 24.8 Å². The zero-order valence-electron chi connectivity index (χ0n) is 23.8. The first-order valence-corrected chi connectivity index (χ1v) is 13.6. The van der Waals surface area contributed by atoms with Gasteiger partial charge in [-0.25, -0.2) is 14.1 Å². The molecule has 3 N–H and O–H groups in total. The normalized spacial score (nSPS) is 15.6. The Morgan fingerprint density at radius 2 is 2.00 bits per heavy atom. The minimum absolute atomic E-state index is 0.189. The second kappa shape index (κ2) is 10.9. The molecule has 6 rings (SSSR count). The average molecular weight is 574 g/mol. The minimum atomic E-state index is -0.993. The number of piperidine rings is 1. The standard InChI is InChI=1S/C28H32FN11O2/c1-17-13-22(37-36-17)33-24-21-7-10-38(3)25(21)35-27(34-24)39-11-8-28(42-4,9-12-39)26(41)32-18(2)19-5-6-23(30-14-19)40-16-20(29)15-31-40/h5-7,10,13-16,18H,8-9,11-12H2,1-4H3,(H,32,41)(H2,33,34,35,36,37)/t18-/m0/s1. The molecule has 14 heteroatoms. The Morgan fingerprint density at radius 3 is 2.64 bits per heavy atom. The molecule has 0 radical (unpaired) electrons. The molecule has 1 fully saturated rings.